The molecule has 2 nitrogen and oxygen atoms in total. The zero-order chi connectivity index (χ0) is 15.1. The van der Waals surface area contributed by atoms with Gasteiger partial charge in [-0.3, -0.25) is 0 Å². The van der Waals surface area contributed by atoms with Gasteiger partial charge in [0.15, 0.2) is 0 Å². The van der Waals surface area contributed by atoms with Crippen LogP contribution in [0.3, 0.4) is 0 Å². The Morgan fingerprint density at radius 1 is 1.14 bits per heavy atom. The minimum atomic E-state index is 0.410. The number of benzene rings is 2. The maximum absolute atomic E-state index is 5.89. The fraction of sp³-hybridized carbons (Fsp3) is 0.333. The van der Waals surface area contributed by atoms with E-state index in [2.05, 4.69) is 43.4 Å². The second-order valence-electron chi connectivity index (χ2n) is 5.35. The Morgan fingerprint density at radius 2 is 1.90 bits per heavy atom. The van der Waals surface area contributed by atoms with Gasteiger partial charge in [-0.05, 0) is 55.7 Å². The minimum Gasteiger partial charge on any atom is -0.492 e. The van der Waals surface area contributed by atoms with Gasteiger partial charge in [-0.1, -0.05) is 35.9 Å². The van der Waals surface area contributed by atoms with Gasteiger partial charge >= 0.3 is 0 Å². The van der Waals surface area contributed by atoms with Crippen LogP contribution in [0.4, 0.5) is 0 Å². The van der Waals surface area contributed by atoms with E-state index in [0.717, 1.165) is 23.7 Å². The Balaban J connectivity index is 1.67. The molecule has 0 spiro atoms. The molecule has 0 bridgehead atoms. The summed E-state index contributed by atoms with van der Waals surface area (Å²) in [6.07, 6.45) is 0.988. The highest BCUT2D eigenvalue weighted by molar-refractivity contribution is 6.30. The van der Waals surface area contributed by atoms with Crippen molar-refractivity contribution in [3.63, 3.8) is 0 Å². The molecule has 0 aliphatic rings. The zero-order valence-corrected chi connectivity index (χ0v) is 13.4. The molecule has 0 radical (unpaired) electrons. The first kappa shape index (κ1) is 15.9. The van der Waals surface area contributed by atoms with Gasteiger partial charge < -0.3 is 10.1 Å². The first-order chi connectivity index (χ1) is 10.1. The van der Waals surface area contributed by atoms with Crippen molar-refractivity contribution in [1.82, 2.24) is 5.32 Å². The molecule has 1 N–H and O–H groups in total. The Labute approximate surface area is 132 Å². The van der Waals surface area contributed by atoms with Gasteiger partial charge in [0.2, 0.25) is 0 Å². The Hall–Kier alpha value is -1.51. The fourth-order valence-corrected chi connectivity index (χ4v) is 2.35. The molecule has 0 saturated carbocycles. The van der Waals surface area contributed by atoms with Crippen LogP contribution in [0.2, 0.25) is 5.02 Å². The van der Waals surface area contributed by atoms with Crippen molar-refractivity contribution in [2.75, 3.05) is 13.2 Å². The molecule has 0 saturated heterocycles. The van der Waals surface area contributed by atoms with Crippen LogP contribution >= 0.6 is 11.6 Å². The lowest BCUT2D eigenvalue weighted by atomic mass is 10.1. The molecule has 0 fully saturated rings. The lowest BCUT2D eigenvalue weighted by molar-refractivity contribution is 0.306. The Kier molecular flexibility index (Phi) is 6.09. The van der Waals surface area contributed by atoms with Crippen LogP contribution in [-0.2, 0) is 6.42 Å². The predicted octanol–water partition coefficient (Wildman–Crippen LogP) is 4.25. The van der Waals surface area contributed by atoms with Crippen molar-refractivity contribution in [3.8, 4) is 5.75 Å². The summed E-state index contributed by atoms with van der Waals surface area (Å²) in [7, 11) is 0. The first-order valence-electron chi connectivity index (χ1n) is 7.31. The summed E-state index contributed by atoms with van der Waals surface area (Å²) in [5, 5.41) is 4.26. The summed E-state index contributed by atoms with van der Waals surface area (Å²) in [6.45, 7) is 5.76. The topological polar surface area (TPSA) is 21.3 Å². The molecule has 2 aromatic rings. The van der Waals surface area contributed by atoms with Crippen LogP contribution in [0.1, 0.15) is 18.1 Å². The second kappa shape index (κ2) is 8.06. The lowest BCUT2D eigenvalue weighted by Gasteiger charge is -2.14. The van der Waals surface area contributed by atoms with Crippen LogP contribution < -0.4 is 10.1 Å². The van der Waals surface area contributed by atoms with Gasteiger partial charge in [-0.15, -0.1) is 0 Å². The van der Waals surface area contributed by atoms with E-state index < -0.39 is 0 Å². The third-order valence-electron chi connectivity index (χ3n) is 3.31. The Bertz CT molecular complexity index is 553. The lowest BCUT2D eigenvalue weighted by Crippen LogP contribution is -2.31. The van der Waals surface area contributed by atoms with Gasteiger partial charge in [0.05, 0.1) is 0 Å². The molecule has 2 aromatic carbocycles. The quantitative estimate of drug-likeness (QED) is 0.772. The maximum Gasteiger partial charge on any atom is 0.119 e. The zero-order valence-electron chi connectivity index (χ0n) is 12.6. The van der Waals surface area contributed by atoms with E-state index >= 15 is 0 Å². The van der Waals surface area contributed by atoms with Crippen molar-refractivity contribution < 1.29 is 4.74 Å². The van der Waals surface area contributed by atoms with Gasteiger partial charge in [0, 0.05) is 17.6 Å². The molecule has 1 unspecified atom stereocenters. The highest BCUT2D eigenvalue weighted by Gasteiger charge is 2.03. The molecule has 0 heterocycles. The van der Waals surface area contributed by atoms with E-state index in [1.54, 1.807) is 0 Å². The van der Waals surface area contributed by atoms with E-state index in [0.29, 0.717) is 12.6 Å². The predicted molar refractivity (Wildman–Crippen MR) is 89.3 cm³/mol. The summed E-state index contributed by atoms with van der Waals surface area (Å²) in [5.41, 5.74) is 2.51. The van der Waals surface area contributed by atoms with Crippen molar-refractivity contribution in [2.24, 2.45) is 0 Å². The number of aryl methyl sites for hydroxylation is 1. The van der Waals surface area contributed by atoms with Gasteiger partial charge in [0.25, 0.3) is 0 Å². The van der Waals surface area contributed by atoms with E-state index in [1.165, 1.54) is 11.1 Å². The number of hydrogen-bond donors (Lipinski definition) is 1. The van der Waals surface area contributed by atoms with Crippen LogP contribution in [0.25, 0.3) is 0 Å². The molecule has 0 aliphatic carbocycles. The van der Waals surface area contributed by atoms with Crippen molar-refractivity contribution in [2.45, 2.75) is 26.3 Å². The molecule has 2 rings (SSSR count). The Morgan fingerprint density at radius 3 is 2.62 bits per heavy atom. The normalized spacial score (nSPS) is 12.1. The van der Waals surface area contributed by atoms with Gasteiger partial charge in [-0.2, -0.15) is 0 Å². The summed E-state index contributed by atoms with van der Waals surface area (Å²) in [5.74, 6) is 0.933. The molecule has 21 heavy (non-hydrogen) atoms. The number of hydrogen-bond acceptors (Lipinski definition) is 2. The van der Waals surface area contributed by atoms with Crippen molar-refractivity contribution in [3.05, 3.63) is 64.7 Å². The molecular weight excluding hydrogens is 282 g/mol. The van der Waals surface area contributed by atoms with Crippen LogP contribution in [0, 0.1) is 6.92 Å². The summed E-state index contributed by atoms with van der Waals surface area (Å²) in [6, 6.07) is 16.6. The van der Waals surface area contributed by atoms with Gasteiger partial charge in [0.1, 0.15) is 12.4 Å². The van der Waals surface area contributed by atoms with Crippen molar-refractivity contribution in [1.29, 1.82) is 0 Å². The molecule has 0 aromatic heterocycles. The molecule has 1 atom stereocenters. The number of halogens is 1. The average Bonchev–Trinajstić information content (AvgIpc) is 2.46. The number of rotatable bonds is 7. The molecule has 3 heteroatoms. The van der Waals surface area contributed by atoms with Crippen molar-refractivity contribution >= 4 is 11.6 Å². The van der Waals surface area contributed by atoms with Gasteiger partial charge in [-0.25, -0.2) is 0 Å². The smallest absolute Gasteiger partial charge is 0.119 e. The molecule has 0 aliphatic heterocycles. The van der Waals surface area contributed by atoms with E-state index in [-0.39, 0.29) is 0 Å². The minimum absolute atomic E-state index is 0.410. The van der Waals surface area contributed by atoms with Crippen LogP contribution in [-0.4, -0.2) is 19.2 Å². The van der Waals surface area contributed by atoms with E-state index in [9.17, 15) is 0 Å². The standard InChI is InChI=1S/C18H22ClNO/c1-14-4-3-5-18(12-14)21-11-10-20-15(2)13-16-6-8-17(19)9-7-16/h3-9,12,15,20H,10-11,13H2,1-2H3. The molecular formula is C18H22ClNO. The van der Waals surface area contributed by atoms with E-state index in [4.69, 9.17) is 16.3 Å². The summed E-state index contributed by atoms with van der Waals surface area (Å²) >= 11 is 5.89. The highest BCUT2D eigenvalue weighted by Crippen LogP contribution is 2.12. The molecule has 0 amide bonds. The third kappa shape index (κ3) is 5.78. The van der Waals surface area contributed by atoms with E-state index in [1.807, 2.05) is 24.3 Å². The monoisotopic (exact) mass is 303 g/mol. The highest BCUT2D eigenvalue weighted by atomic mass is 35.5. The number of nitrogens with one attached hydrogen (secondary N) is 1. The first-order valence-corrected chi connectivity index (χ1v) is 7.68. The van der Waals surface area contributed by atoms with Crippen LogP contribution in [0.15, 0.2) is 48.5 Å². The third-order valence-corrected chi connectivity index (χ3v) is 3.56. The average molecular weight is 304 g/mol. The largest absolute Gasteiger partial charge is 0.492 e. The maximum atomic E-state index is 5.89. The van der Waals surface area contributed by atoms with Crippen LogP contribution in [0.5, 0.6) is 5.75 Å². The SMILES string of the molecule is Cc1cccc(OCCNC(C)Cc2ccc(Cl)cc2)c1. The summed E-state index contributed by atoms with van der Waals surface area (Å²) < 4.78 is 5.72. The molecule has 112 valence electrons. The number of ether oxygens (including phenoxy) is 1. The second-order valence-corrected chi connectivity index (χ2v) is 5.79. The summed E-state index contributed by atoms with van der Waals surface area (Å²) in [4.78, 5) is 0. The fourth-order valence-electron chi connectivity index (χ4n) is 2.23.